The van der Waals surface area contributed by atoms with E-state index in [1.54, 1.807) is 0 Å². The second kappa shape index (κ2) is 5.76. The van der Waals surface area contributed by atoms with Crippen LogP contribution in [0.15, 0.2) is 24.3 Å². The van der Waals surface area contributed by atoms with Crippen LogP contribution in [0.1, 0.15) is 38.3 Å². The van der Waals surface area contributed by atoms with E-state index in [0.717, 1.165) is 24.2 Å². The molecular formula is C14H20N2O2. The van der Waals surface area contributed by atoms with Crippen molar-refractivity contribution in [2.45, 2.75) is 38.8 Å². The van der Waals surface area contributed by atoms with Crippen LogP contribution in [-0.4, -0.2) is 18.7 Å². The maximum absolute atomic E-state index is 11.6. The van der Waals surface area contributed by atoms with Crippen molar-refractivity contribution in [2.24, 2.45) is 0 Å². The van der Waals surface area contributed by atoms with Crippen molar-refractivity contribution in [2.75, 3.05) is 6.61 Å². The van der Waals surface area contributed by atoms with Gasteiger partial charge in [-0.3, -0.25) is 0 Å². The van der Waals surface area contributed by atoms with Crippen molar-refractivity contribution < 1.29 is 9.53 Å². The van der Waals surface area contributed by atoms with Gasteiger partial charge in [-0.15, -0.1) is 0 Å². The molecule has 1 aromatic carbocycles. The van der Waals surface area contributed by atoms with E-state index in [2.05, 4.69) is 10.6 Å². The standard InChI is InChI=1S/C14H20N2O2/c1-3-18-13-8-4-11(5-9-13)10(2)15-14(17)16-12-6-7-12/h4-5,8-10,12H,3,6-7H2,1-2H3,(H2,15,16,17)/t10-/m0/s1. The predicted molar refractivity (Wildman–Crippen MR) is 70.7 cm³/mol. The highest BCUT2D eigenvalue weighted by Crippen LogP contribution is 2.20. The van der Waals surface area contributed by atoms with E-state index in [1.807, 2.05) is 38.1 Å². The molecule has 1 aromatic rings. The number of carbonyl (C=O) groups is 1. The molecule has 1 saturated carbocycles. The number of nitrogens with one attached hydrogen (secondary N) is 2. The minimum absolute atomic E-state index is 0.000531. The lowest BCUT2D eigenvalue weighted by molar-refractivity contribution is 0.237. The molecule has 0 saturated heterocycles. The Hall–Kier alpha value is -1.71. The largest absolute Gasteiger partial charge is 0.494 e. The molecule has 0 aromatic heterocycles. The van der Waals surface area contributed by atoms with Gasteiger partial charge in [-0.1, -0.05) is 12.1 Å². The van der Waals surface area contributed by atoms with Gasteiger partial charge in [-0.25, -0.2) is 4.79 Å². The zero-order valence-corrected chi connectivity index (χ0v) is 10.9. The van der Waals surface area contributed by atoms with Crippen molar-refractivity contribution in [3.63, 3.8) is 0 Å². The molecule has 0 bridgehead atoms. The van der Waals surface area contributed by atoms with Gasteiger partial charge >= 0.3 is 6.03 Å². The first-order chi connectivity index (χ1) is 8.69. The number of ether oxygens (including phenoxy) is 1. The highest BCUT2D eigenvalue weighted by atomic mass is 16.5. The minimum Gasteiger partial charge on any atom is -0.494 e. The molecule has 98 valence electrons. The second-order valence-electron chi connectivity index (χ2n) is 4.62. The first-order valence-electron chi connectivity index (χ1n) is 6.49. The SMILES string of the molecule is CCOc1ccc([C@H](C)NC(=O)NC2CC2)cc1. The molecule has 0 radical (unpaired) electrons. The van der Waals surface area contributed by atoms with E-state index in [0.29, 0.717) is 12.6 Å². The molecule has 0 aliphatic heterocycles. The number of hydrogen-bond donors (Lipinski definition) is 2. The highest BCUT2D eigenvalue weighted by molar-refractivity contribution is 5.75. The Morgan fingerprint density at radius 1 is 1.39 bits per heavy atom. The average Bonchev–Trinajstić information content (AvgIpc) is 3.14. The van der Waals surface area contributed by atoms with Gasteiger partial charge in [0.2, 0.25) is 0 Å². The fraction of sp³-hybridized carbons (Fsp3) is 0.500. The molecule has 1 aliphatic carbocycles. The number of amides is 2. The van der Waals surface area contributed by atoms with Gasteiger partial charge in [-0.2, -0.15) is 0 Å². The van der Waals surface area contributed by atoms with Crippen LogP contribution in [0.2, 0.25) is 0 Å². The molecule has 0 heterocycles. The van der Waals surface area contributed by atoms with E-state index in [9.17, 15) is 4.79 Å². The molecule has 4 heteroatoms. The van der Waals surface area contributed by atoms with E-state index < -0.39 is 0 Å². The van der Waals surface area contributed by atoms with Crippen LogP contribution in [0, 0.1) is 0 Å². The van der Waals surface area contributed by atoms with Crippen molar-refractivity contribution in [1.29, 1.82) is 0 Å². The molecular weight excluding hydrogens is 228 g/mol. The lowest BCUT2D eigenvalue weighted by Crippen LogP contribution is -2.38. The van der Waals surface area contributed by atoms with E-state index in [-0.39, 0.29) is 12.1 Å². The smallest absolute Gasteiger partial charge is 0.315 e. The van der Waals surface area contributed by atoms with Crippen LogP contribution in [0.5, 0.6) is 5.75 Å². The van der Waals surface area contributed by atoms with Gasteiger partial charge in [0.15, 0.2) is 0 Å². The fourth-order valence-electron chi connectivity index (χ4n) is 1.75. The summed E-state index contributed by atoms with van der Waals surface area (Å²) in [7, 11) is 0. The molecule has 0 spiro atoms. The maximum atomic E-state index is 11.6. The van der Waals surface area contributed by atoms with Gasteiger partial charge in [0.25, 0.3) is 0 Å². The normalized spacial score (nSPS) is 15.9. The quantitative estimate of drug-likeness (QED) is 0.841. The van der Waals surface area contributed by atoms with Crippen LogP contribution in [0.25, 0.3) is 0 Å². The molecule has 1 atom stereocenters. The third-order valence-electron chi connectivity index (χ3n) is 2.95. The zero-order chi connectivity index (χ0) is 13.0. The fourth-order valence-corrected chi connectivity index (χ4v) is 1.75. The number of hydrogen-bond acceptors (Lipinski definition) is 2. The van der Waals surface area contributed by atoms with Gasteiger partial charge in [0.05, 0.1) is 12.6 Å². The lowest BCUT2D eigenvalue weighted by Gasteiger charge is -2.15. The van der Waals surface area contributed by atoms with Crippen LogP contribution in [0.3, 0.4) is 0 Å². The maximum Gasteiger partial charge on any atom is 0.315 e. The Balaban J connectivity index is 1.86. The Morgan fingerprint density at radius 2 is 2.06 bits per heavy atom. The van der Waals surface area contributed by atoms with Gasteiger partial charge in [0, 0.05) is 6.04 Å². The lowest BCUT2D eigenvalue weighted by atomic mass is 10.1. The molecule has 18 heavy (non-hydrogen) atoms. The summed E-state index contributed by atoms with van der Waals surface area (Å²) in [6.45, 7) is 4.60. The number of carbonyl (C=O) groups excluding carboxylic acids is 1. The van der Waals surface area contributed by atoms with E-state index >= 15 is 0 Å². The summed E-state index contributed by atoms with van der Waals surface area (Å²) >= 11 is 0. The average molecular weight is 248 g/mol. The summed E-state index contributed by atoms with van der Waals surface area (Å²) in [6, 6.07) is 8.11. The molecule has 1 fully saturated rings. The van der Waals surface area contributed by atoms with Crippen LogP contribution >= 0.6 is 0 Å². The molecule has 4 nitrogen and oxygen atoms in total. The Kier molecular flexibility index (Phi) is 4.07. The minimum atomic E-state index is -0.0844. The number of urea groups is 1. The predicted octanol–water partition coefficient (Wildman–Crippen LogP) is 2.61. The third kappa shape index (κ3) is 3.65. The van der Waals surface area contributed by atoms with Crippen molar-refractivity contribution in [3.05, 3.63) is 29.8 Å². The summed E-state index contributed by atoms with van der Waals surface area (Å²) in [5.74, 6) is 0.857. The molecule has 0 unspecified atom stereocenters. The molecule has 1 aliphatic rings. The summed E-state index contributed by atoms with van der Waals surface area (Å²) in [5, 5.41) is 5.84. The van der Waals surface area contributed by atoms with E-state index in [4.69, 9.17) is 4.74 Å². The van der Waals surface area contributed by atoms with Crippen LogP contribution in [0.4, 0.5) is 4.79 Å². The zero-order valence-electron chi connectivity index (χ0n) is 10.9. The number of benzene rings is 1. The summed E-state index contributed by atoms with van der Waals surface area (Å²) in [5.41, 5.74) is 1.07. The Morgan fingerprint density at radius 3 is 2.61 bits per heavy atom. The summed E-state index contributed by atoms with van der Waals surface area (Å²) in [4.78, 5) is 11.6. The Bertz CT molecular complexity index is 399. The second-order valence-corrected chi connectivity index (χ2v) is 4.62. The van der Waals surface area contributed by atoms with Crippen molar-refractivity contribution in [3.8, 4) is 5.75 Å². The summed E-state index contributed by atoms with van der Waals surface area (Å²) in [6.07, 6.45) is 2.20. The third-order valence-corrected chi connectivity index (χ3v) is 2.95. The van der Waals surface area contributed by atoms with Crippen molar-refractivity contribution in [1.82, 2.24) is 10.6 Å². The van der Waals surface area contributed by atoms with Crippen LogP contribution < -0.4 is 15.4 Å². The topological polar surface area (TPSA) is 50.4 Å². The summed E-state index contributed by atoms with van der Waals surface area (Å²) < 4.78 is 5.38. The van der Waals surface area contributed by atoms with Crippen molar-refractivity contribution >= 4 is 6.03 Å². The van der Waals surface area contributed by atoms with Gasteiger partial charge in [-0.05, 0) is 44.4 Å². The molecule has 2 amide bonds. The van der Waals surface area contributed by atoms with Gasteiger partial charge < -0.3 is 15.4 Å². The monoisotopic (exact) mass is 248 g/mol. The van der Waals surface area contributed by atoms with E-state index in [1.165, 1.54) is 0 Å². The number of rotatable bonds is 5. The molecule has 2 rings (SSSR count). The first-order valence-corrected chi connectivity index (χ1v) is 6.49. The highest BCUT2D eigenvalue weighted by Gasteiger charge is 2.23. The Labute approximate surface area is 108 Å². The van der Waals surface area contributed by atoms with Gasteiger partial charge in [0.1, 0.15) is 5.75 Å². The first kappa shape index (κ1) is 12.7. The van der Waals surface area contributed by atoms with Crippen LogP contribution in [-0.2, 0) is 0 Å². The molecule has 2 N–H and O–H groups in total.